The molecule has 0 aromatic carbocycles. The topological polar surface area (TPSA) is 74.6 Å². The summed E-state index contributed by atoms with van der Waals surface area (Å²) >= 11 is 6.87. The van der Waals surface area contributed by atoms with Crippen LogP contribution in [0.3, 0.4) is 0 Å². The van der Waals surface area contributed by atoms with Gasteiger partial charge >= 0.3 is 11.9 Å². The van der Waals surface area contributed by atoms with E-state index in [1.807, 2.05) is 0 Å². The van der Waals surface area contributed by atoms with E-state index in [0.29, 0.717) is 9.65 Å². The van der Waals surface area contributed by atoms with Crippen molar-refractivity contribution in [3.63, 3.8) is 0 Å². The van der Waals surface area contributed by atoms with Gasteiger partial charge in [-0.25, -0.2) is 0 Å². The Morgan fingerprint density at radius 2 is 1.10 bits per heavy atom. The van der Waals surface area contributed by atoms with Crippen LogP contribution in [0.4, 0.5) is 0 Å². The maximum Gasteiger partial charge on any atom is 0.306 e. The van der Waals surface area contributed by atoms with Gasteiger partial charge in [0.25, 0.3) is 0 Å². The first-order valence-corrected chi connectivity index (χ1v) is 8.97. The molecule has 2 N–H and O–H groups in total. The Hall–Kier alpha value is 0.822. The first-order valence-electron chi connectivity index (χ1n) is 7.14. The first kappa shape index (κ1) is 21.8. The van der Waals surface area contributed by atoms with Crippen LogP contribution in [0, 0.1) is 11.8 Å². The normalized spacial score (nSPS) is 32.1. The third kappa shape index (κ3) is 8.88. The van der Waals surface area contributed by atoms with E-state index >= 15 is 0 Å². The molecule has 118 valence electrons. The van der Waals surface area contributed by atoms with E-state index in [-0.39, 0.29) is 39.1 Å². The summed E-state index contributed by atoms with van der Waals surface area (Å²) in [7, 11) is 0. The quantitative estimate of drug-likeness (QED) is 0.421. The molecule has 0 amide bonds. The first-order chi connectivity index (χ1) is 9.40. The Bertz CT molecular complexity index is 309. The number of hydrogen-bond donors (Lipinski definition) is 2. The maximum absolute atomic E-state index is 10.5. The number of carboxylic acids is 2. The zero-order valence-electron chi connectivity index (χ0n) is 12.1. The predicted molar refractivity (Wildman–Crippen MR) is 84.6 cm³/mol. The van der Waals surface area contributed by atoms with Gasteiger partial charge in [0.2, 0.25) is 0 Å². The largest absolute Gasteiger partial charge is 0.481 e. The molecular weight excluding hydrogens is 504 g/mol. The van der Waals surface area contributed by atoms with E-state index < -0.39 is 11.9 Å². The molecular formula is C14H22Br2CdO4. The molecule has 4 nitrogen and oxygen atoms in total. The fourth-order valence-corrected chi connectivity index (χ4v) is 4.26. The molecule has 0 radical (unpaired) electrons. The van der Waals surface area contributed by atoms with Crippen LogP contribution in [0.2, 0.25) is 0 Å². The summed E-state index contributed by atoms with van der Waals surface area (Å²) in [6, 6.07) is 0. The van der Waals surface area contributed by atoms with Crippen molar-refractivity contribution in [2.24, 2.45) is 11.8 Å². The average Bonchev–Trinajstić information content (AvgIpc) is 2.39. The average molecular weight is 527 g/mol. The fourth-order valence-electron chi connectivity index (χ4n) is 2.71. The summed E-state index contributed by atoms with van der Waals surface area (Å²) in [5.41, 5.74) is 0. The van der Waals surface area contributed by atoms with Gasteiger partial charge < -0.3 is 10.2 Å². The van der Waals surface area contributed by atoms with Crippen molar-refractivity contribution in [1.29, 1.82) is 0 Å². The Kier molecular flexibility index (Phi) is 11.8. The van der Waals surface area contributed by atoms with E-state index in [2.05, 4.69) is 31.9 Å². The maximum atomic E-state index is 10.5. The van der Waals surface area contributed by atoms with E-state index in [1.54, 1.807) is 0 Å². The number of carbonyl (C=O) groups is 2. The monoisotopic (exact) mass is 526 g/mol. The van der Waals surface area contributed by atoms with Gasteiger partial charge in [0.05, 0.1) is 11.8 Å². The van der Waals surface area contributed by atoms with E-state index in [9.17, 15) is 9.59 Å². The number of aliphatic carboxylic acids is 2. The Balaban J connectivity index is 0.000000364. The van der Waals surface area contributed by atoms with Crippen molar-refractivity contribution >= 4 is 43.8 Å². The summed E-state index contributed by atoms with van der Waals surface area (Å²) < 4.78 is 0. The Morgan fingerprint density at radius 3 is 1.29 bits per heavy atom. The molecule has 7 heteroatoms. The number of hydrogen-bond acceptors (Lipinski definition) is 2. The summed E-state index contributed by atoms with van der Waals surface area (Å²) in [6.45, 7) is 0. The third-order valence-electron chi connectivity index (χ3n) is 3.92. The molecule has 2 aliphatic rings. The second kappa shape index (κ2) is 11.4. The van der Waals surface area contributed by atoms with Gasteiger partial charge in [-0.3, -0.25) is 9.59 Å². The van der Waals surface area contributed by atoms with E-state index in [1.165, 1.54) is 0 Å². The molecule has 0 spiro atoms. The van der Waals surface area contributed by atoms with Crippen LogP contribution in [-0.2, 0) is 36.9 Å². The molecule has 0 bridgehead atoms. The van der Waals surface area contributed by atoms with Crippen LogP contribution in [0.1, 0.15) is 51.4 Å². The molecule has 0 aromatic rings. The number of alkyl halides is 2. The van der Waals surface area contributed by atoms with Crippen LogP contribution < -0.4 is 0 Å². The molecule has 0 saturated heterocycles. The zero-order chi connectivity index (χ0) is 15.1. The number of rotatable bonds is 2. The van der Waals surface area contributed by atoms with Gasteiger partial charge in [0.15, 0.2) is 0 Å². The van der Waals surface area contributed by atoms with Crippen molar-refractivity contribution in [2.75, 3.05) is 0 Å². The smallest absolute Gasteiger partial charge is 0.306 e. The Labute approximate surface area is 162 Å². The minimum Gasteiger partial charge on any atom is -0.481 e. The molecule has 0 aromatic heterocycles. The van der Waals surface area contributed by atoms with Crippen LogP contribution in [0.15, 0.2) is 0 Å². The number of carboxylic acid groups (broad SMARTS) is 2. The van der Waals surface area contributed by atoms with Crippen LogP contribution in [-0.4, -0.2) is 31.8 Å². The molecule has 4 atom stereocenters. The second-order valence-corrected chi connectivity index (χ2v) is 8.19. The van der Waals surface area contributed by atoms with Crippen molar-refractivity contribution in [2.45, 2.75) is 61.0 Å². The zero-order valence-corrected chi connectivity index (χ0v) is 19.3. The fraction of sp³-hybridized carbons (Fsp3) is 0.857. The molecule has 2 rings (SSSR count). The van der Waals surface area contributed by atoms with Gasteiger partial charge in [-0.2, -0.15) is 0 Å². The molecule has 2 aliphatic carbocycles. The minimum absolute atomic E-state index is 0. The van der Waals surface area contributed by atoms with Crippen LogP contribution >= 0.6 is 31.9 Å². The van der Waals surface area contributed by atoms with Crippen LogP contribution in [0.5, 0.6) is 0 Å². The summed E-state index contributed by atoms with van der Waals surface area (Å²) in [5, 5.41) is 17.3. The van der Waals surface area contributed by atoms with Gasteiger partial charge in [0, 0.05) is 37.0 Å². The molecule has 0 aliphatic heterocycles. The standard InChI is InChI=1S/2C7H11BrO2.Cd/c2*8-6-3-1-2-5(4-6)7(9)10;/h2*5-6H,1-4H2,(H,9,10);. The molecule has 4 unspecified atom stereocenters. The third-order valence-corrected chi connectivity index (χ3v) is 5.58. The van der Waals surface area contributed by atoms with Crippen molar-refractivity contribution < 1.29 is 47.1 Å². The molecule has 2 saturated carbocycles. The van der Waals surface area contributed by atoms with Gasteiger partial charge in [-0.05, 0) is 38.5 Å². The van der Waals surface area contributed by atoms with Gasteiger partial charge in [-0.1, -0.05) is 44.7 Å². The van der Waals surface area contributed by atoms with E-state index in [4.69, 9.17) is 10.2 Å². The molecule has 21 heavy (non-hydrogen) atoms. The molecule has 2 fully saturated rings. The SMILES string of the molecule is O=C(O)C1CCCC(Br)C1.O=C(O)C1CCCC(Br)C1.[Cd]. The molecule has 0 heterocycles. The van der Waals surface area contributed by atoms with Crippen molar-refractivity contribution in [1.82, 2.24) is 0 Å². The number of halogens is 2. The van der Waals surface area contributed by atoms with E-state index in [0.717, 1.165) is 51.4 Å². The van der Waals surface area contributed by atoms with Crippen molar-refractivity contribution in [3.05, 3.63) is 0 Å². The minimum atomic E-state index is -0.635. The summed E-state index contributed by atoms with van der Waals surface area (Å²) in [5.74, 6) is -1.47. The predicted octanol–water partition coefficient (Wildman–Crippen LogP) is 4.05. The summed E-state index contributed by atoms with van der Waals surface area (Å²) in [6.07, 6.45) is 7.67. The van der Waals surface area contributed by atoms with Gasteiger partial charge in [0.1, 0.15) is 0 Å². The van der Waals surface area contributed by atoms with Gasteiger partial charge in [-0.15, -0.1) is 0 Å². The Morgan fingerprint density at radius 1 is 0.762 bits per heavy atom. The van der Waals surface area contributed by atoms with Crippen LogP contribution in [0.25, 0.3) is 0 Å². The second-order valence-electron chi connectivity index (χ2n) is 5.60. The van der Waals surface area contributed by atoms with Crippen molar-refractivity contribution in [3.8, 4) is 0 Å². The summed E-state index contributed by atoms with van der Waals surface area (Å²) in [4.78, 5) is 21.8.